The molecule has 2 saturated heterocycles. The van der Waals surface area contributed by atoms with Crippen LogP contribution in [0.5, 0.6) is 0 Å². The second kappa shape index (κ2) is 6.69. The number of nitriles is 1. The van der Waals surface area contributed by atoms with Crippen molar-refractivity contribution in [2.75, 3.05) is 32.8 Å². The van der Waals surface area contributed by atoms with Crippen molar-refractivity contribution in [2.45, 2.75) is 51.7 Å². The second-order valence-electron chi connectivity index (χ2n) is 6.55. The molecule has 0 aromatic heterocycles. The van der Waals surface area contributed by atoms with Gasteiger partial charge in [-0.1, -0.05) is 0 Å². The van der Waals surface area contributed by atoms with Crippen LogP contribution in [0.4, 0.5) is 0 Å². The van der Waals surface area contributed by atoms with Gasteiger partial charge in [0, 0.05) is 19.1 Å². The van der Waals surface area contributed by atoms with Crippen LogP contribution in [0.1, 0.15) is 39.5 Å². The third-order valence-corrected chi connectivity index (χ3v) is 4.29. The van der Waals surface area contributed by atoms with Gasteiger partial charge in [0.1, 0.15) is 0 Å². The first-order valence-corrected chi connectivity index (χ1v) is 7.58. The summed E-state index contributed by atoms with van der Waals surface area (Å²) in [5.41, 5.74) is -0.189. The van der Waals surface area contributed by atoms with Crippen molar-refractivity contribution in [3.8, 4) is 6.07 Å². The second-order valence-corrected chi connectivity index (χ2v) is 6.55. The maximum atomic E-state index is 8.95. The van der Waals surface area contributed by atoms with Crippen LogP contribution >= 0.6 is 0 Å². The molecule has 19 heavy (non-hydrogen) atoms. The molecule has 0 radical (unpaired) electrons. The number of hydrogen-bond donors (Lipinski definition) is 1. The maximum absolute atomic E-state index is 8.95. The molecule has 1 N–H and O–H groups in total. The van der Waals surface area contributed by atoms with E-state index in [0.717, 1.165) is 39.1 Å². The number of nitrogens with zero attached hydrogens (tertiary/aromatic N) is 2. The van der Waals surface area contributed by atoms with Crippen LogP contribution in [0, 0.1) is 16.7 Å². The van der Waals surface area contributed by atoms with E-state index < -0.39 is 0 Å². The van der Waals surface area contributed by atoms with Crippen LogP contribution in [-0.2, 0) is 4.74 Å². The van der Waals surface area contributed by atoms with Crippen molar-refractivity contribution in [1.82, 2.24) is 10.2 Å². The zero-order chi connectivity index (χ0) is 13.7. The van der Waals surface area contributed by atoms with Gasteiger partial charge in [-0.25, -0.2) is 0 Å². The molecule has 4 heteroatoms. The van der Waals surface area contributed by atoms with Gasteiger partial charge in [-0.05, 0) is 52.6 Å². The molecule has 2 aliphatic rings. The summed E-state index contributed by atoms with van der Waals surface area (Å²) >= 11 is 0. The van der Waals surface area contributed by atoms with Crippen molar-refractivity contribution in [3.63, 3.8) is 0 Å². The molecule has 0 aromatic carbocycles. The predicted octanol–water partition coefficient (Wildman–Crippen LogP) is 1.77. The minimum Gasteiger partial charge on any atom is -0.374 e. The van der Waals surface area contributed by atoms with E-state index in [0.29, 0.717) is 12.1 Å². The minimum absolute atomic E-state index is 0.189. The Kier molecular flexibility index (Phi) is 5.20. The molecule has 108 valence electrons. The quantitative estimate of drug-likeness (QED) is 0.744. The average molecular weight is 265 g/mol. The summed E-state index contributed by atoms with van der Waals surface area (Å²) in [6.07, 6.45) is 5.00. The Morgan fingerprint density at radius 1 is 1.47 bits per heavy atom. The smallest absolute Gasteiger partial charge is 0.0826 e. The summed E-state index contributed by atoms with van der Waals surface area (Å²) in [7, 11) is 0. The van der Waals surface area contributed by atoms with Gasteiger partial charge >= 0.3 is 0 Å². The molecular weight excluding hydrogens is 238 g/mol. The zero-order valence-electron chi connectivity index (χ0n) is 12.3. The first kappa shape index (κ1) is 14.8. The van der Waals surface area contributed by atoms with Gasteiger partial charge in [0.15, 0.2) is 0 Å². The largest absolute Gasteiger partial charge is 0.374 e. The first-order chi connectivity index (χ1) is 9.11. The topological polar surface area (TPSA) is 48.3 Å². The van der Waals surface area contributed by atoms with E-state index in [1.54, 1.807) is 0 Å². The van der Waals surface area contributed by atoms with E-state index in [1.807, 2.05) is 13.8 Å². The van der Waals surface area contributed by atoms with E-state index in [2.05, 4.69) is 16.3 Å². The summed E-state index contributed by atoms with van der Waals surface area (Å²) < 4.78 is 5.90. The highest BCUT2D eigenvalue weighted by Gasteiger charge is 2.31. The Labute approximate surface area is 117 Å². The zero-order valence-corrected chi connectivity index (χ0v) is 12.3. The van der Waals surface area contributed by atoms with Crippen molar-refractivity contribution in [3.05, 3.63) is 0 Å². The molecule has 2 fully saturated rings. The highest BCUT2D eigenvalue weighted by molar-refractivity contribution is 4.91. The van der Waals surface area contributed by atoms with E-state index in [-0.39, 0.29) is 5.41 Å². The standard InChI is InChI=1S/C15H27N3O/c1-15(2,12-16)6-4-7-17-9-14-10-18-8-3-5-13(18)11-19-14/h13-14,17H,3-11H2,1-2H3. The number of rotatable bonds is 6. The average Bonchev–Trinajstić information content (AvgIpc) is 2.85. The molecule has 0 amide bonds. The highest BCUT2D eigenvalue weighted by atomic mass is 16.5. The van der Waals surface area contributed by atoms with Crippen LogP contribution in [0.25, 0.3) is 0 Å². The fraction of sp³-hybridized carbons (Fsp3) is 0.933. The van der Waals surface area contributed by atoms with Crippen LogP contribution in [-0.4, -0.2) is 49.8 Å². The molecule has 2 aliphatic heterocycles. The van der Waals surface area contributed by atoms with Gasteiger partial charge < -0.3 is 10.1 Å². The molecular formula is C15H27N3O. The Balaban J connectivity index is 1.55. The summed E-state index contributed by atoms with van der Waals surface area (Å²) in [5, 5.41) is 12.4. The molecule has 2 rings (SSSR count). The molecule has 0 aliphatic carbocycles. The maximum Gasteiger partial charge on any atom is 0.0826 e. The number of hydrogen-bond acceptors (Lipinski definition) is 4. The molecule has 0 aromatic rings. The van der Waals surface area contributed by atoms with Gasteiger partial charge in [-0.15, -0.1) is 0 Å². The predicted molar refractivity (Wildman–Crippen MR) is 75.8 cm³/mol. The third kappa shape index (κ3) is 4.45. The van der Waals surface area contributed by atoms with E-state index in [1.165, 1.54) is 19.4 Å². The lowest BCUT2D eigenvalue weighted by molar-refractivity contribution is -0.0468. The molecule has 2 unspecified atom stereocenters. The number of fused-ring (bicyclic) bond motifs is 1. The first-order valence-electron chi connectivity index (χ1n) is 7.58. The minimum atomic E-state index is -0.189. The van der Waals surface area contributed by atoms with Crippen molar-refractivity contribution >= 4 is 0 Å². The lowest BCUT2D eigenvalue weighted by Crippen LogP contribution is -2.49. The van der Waals surface area contributed by atoms with E-state index in [4.69, 9.17) is 10.00 Å². The Morgan fingerprint density at radius 3 is 3.11 bits per heavy atom. The van der Waals surface area contributed by atoms with Crippen molar-refractivity contribution in [1.29, 1.82) is 5.26 Å². The molecule has 2 heterocycles. The van der Waals surface area contributed by atoms with Crippen molar-refractivity contribution < 1.29 is 4.74 Å². The lowest BCUT2D eigenvalue weighted by atomic mass is 9.90. The van der Waals surface area contributed by atoms with Crippen molar-refractivity contribution in [2.24, 2.45) is 5.41 Å². The highest BCUT2D eigenvalue weighted by Crippen LogP contribution is 2.22. The third-order valence-electron chi connectivity index (χ3n) is 4.29. The van der Waals surface area contributed by atoms with E-state index >= 15 is 0 Å². The van der Waals surface area contributed by atoms with Crippen LogP contribution in [0.3, 0.4) is 0 Å². The van der Waals surface area contributed by atoms with Crippen LogP contribution in [0.15, 0.2) is 0 Å². The fourth-order valence-electron chi connectivity index (χ4n) is 2.98. The fourth-order valence-corrected chi connectivity index (χ4v) is 2.98. The normalized spacial score (nSPS) is 28.1. The Hall–Kier alpha value is -0.630. The monoisotopic (exact) mass is 265 g/mol. The molecule has 4 nitrogen and oxygen atoms in total. The van der Waals surface area contributed by atoms with Crippen LogP contribution < -0.4 is 5.32 Å². The SMILES string of the molecule is CC(C)(C#N)CCCNCC1CN2CCCC2CO1. The Bertz CT molecular complexity index is 324. The van der Waals surface area contributed by atoms with Gasteiger partial charge in [-0.3, -0.25) is 4.90 Å². The number of ether oxygens (including phenoxy) is 1. The van der Waals surface area contributed by atoms with Crippen LogP contribution in [0.2, 0.25) is 0 Å². The molecule has 2 atom stereocenters. The van der Waals surface area contributed by atoms with Gasteiger partial charge in [-0.2, -0.15) is 5.26 Å². The number of nitrogens with one attached hydrogen (secondary N) is 1. The number of morpholine rings is 1. The summed E-state index contributed by atoms with van der Waals surface area (Å²) in [6, 6.07) is 3.04. The summed E-state index contributed by atoms with van der Waals surface area (Å²) in [6.45, 7) is 9.18. The molecule has 0 saturated carbocycles. The van der Waals surface area contributed by atoms with Gasteiger partial charge in [0.2, 0.25) is 0 Å². The summed E-state index contributed by atoms with van der Waals surface area (Å²) in [4.78, 5) is 2.58. The van der Waals surface area contributed by atoms with Gasteiger partial charge in [0.05, 0.1) is 24.2 Å². The molecule has 0 spiro atoms. The lowest BCUT2D eigenvalue weighted by Gasteiger charge is -2.35. The molecule has 0 bridgehead atoms. The summed E-state index contributed by atoms with van der Waals surface area (Å²) in [5.74, 6) is 0. The van der Waals surface area contributed by atoms with E-state index in [9.17, 15) is 0 Å². The van der Waals surface area contributed by atoms with Gasteiger partial charge in [0.25, 0.3) is 0 Å². The Morgan fingerprint density at radius 2 is 2.32 bits per heavy atom.